The molecule has 3 heteroatoms. The monoisotopic (exact) mass is 157 g/mol. The number of pyridine rings is 1. The number of alkyl halides is 1. The molecule has 0 fully saturated rings. The SMILES string of the molecule is CC(C)(F)c1ccc(F)cn1. The molecule has 0 aliphatic heterocycles. The second kappa shape index (κ2) is 2.57. The molecule has 0 saturated carbocycles. The molecule has 0 aromatic carbocycles. The minimum Gasteiger partial charge on any atom is -0.255 e. The smallest absolute Gasteiger partial charge is 0.147 e. The topological polar surface area (TPSA) is 12.9 Å². The van der Waals surface area contributed by atoms with Crippen molar-refractivity contribution in [2.24, 2.45) is 0 Å². The standard InChI is InChI=1S/C8H9F2N/c1-8(2,10)7-4-3-6(9)5-11-7/h3-5H,1-2H3. The fraction of sp³-hybridized carbons (Fsp3) is 0.375. The van der Waals surface area contributed by atoms with Crippen LogP contribution in [0.3, 0.4) is 0 Å². The van der Waals surface area contributed by atoms with Crippen LogP contribution in [0.25, 0.3) is 0 Å². The quantitative estimate of drug-likeness (QED) is 0.610. The predicted octanol–water partition coefficient (Wildman–Crippen LogP) is 2.43. The van der Waals surface area contributed by atoms with Crippen molar-refractivity contribution in [1.29, 1.82) is 0 Å². The van der Waals surface area contributed by atoms with Gasteiger partial charge in [0, 0.05) is 0 Å². The van der Waals surface area contributed by atoms with Crippen LogP contribution in [0.1, 0.15) is 19.5 Å². The minimum absolute atomic E-state index is 0.249. The molecule has 1 heterocycles. The van der Waals surface area contributed by atoms with E-state index in [1.165, 1.54) is 26.0 Å². The van der Waals surface area contributed by atoms with E-state index in [0.717, 1.165) is 6.20 Å². The first-order valence-corrected chi connectivity index (χ1v) is 3.31. The third-order valence-electron chi connectivity index (χ3n) is 1.34. The Morgan fingerprint density at radius 2 is 2.00 bits per heavy atom. The molecule has 1 nitrogen and oxygen atoms in total. The first kappa shape index (κ1) is 8.11. The van der Waals surface area contributed by atoms with Gasteiger partial charge < -0.3 is 0 Å². The predicted molar refractivity (Wildman–Crippen MR) is 38.3 cm³/mol. The Morgan fingerprint density at radius 3 is 2.36 bits per heavy atom. The lowest BCUT2D eigenvalue weighted by Gasteiger charge is -2.11. The molecule has 1 rings (SSSR count). The summed E-state index contributed by atoms with van der Waals surface area (Å²) in [6.07, 6.45) is 1.01. The first-order valence-electron chi connectivity index (χ1n) is 3.31. The third kappa shape index (κ3) is 1.97. The van der Waals surface area contributed by atoms with E-state index in [2.05, 4.69) is 4.98 Å². The van der Waals surface area contributed by atoms with Crippen molar-refractivity contribution in [3.05, 3.63) is 29.8 Å². The summed E-state index contributed by atoms with van der Waals surface area (Å²) in [4.78, 5) is 3.60. The average molecular weight is 157 g/mol. The van der Waals surface area contributed by atoms with Crippen molar-refractivity contribution in [2.75, 3.05) is 0 Å². The van der Waals surface area contributed by atoms with E-state index in [1.807, 2.05) is 0 Å². The van der Waals surface area contributed by atoms with Crippen molar-refractivity contribution >= 4 is 0 Å². The van der Waals surface area contributed by atoms with Crippen molar-refractivity contribution in [2.45, 2.75) is 19.5 Å². The largest absolute Gasteiger partial charge is 0.255 e. The molecule has 0 radical (unpaired) electrons. The molecule has 60 valence electrons. The summed E-state index contributed by atoms with van der Waals surface area (Å²) in [6.45, 7) is 2.76. The van der Waals surface area contributed by atoms with Crippen molar-refractivity contribution in [3.8, 4) is 0 Å². The van der Waals surface area contributed by atoms with Crippen molar-refractivity contribution in [1.82, 2.24) is 4.98 Å². The van der Waals surface area contributed by atoms with Gasteiger partial charge in [-0.1, -0.05) is 0 Å². The molecule has 0 spiro atoms. The second-order valence-corrected chi connectivity index (χ2v) is 2.83. The molecular formula is C8H9F2N. The molecular weight excluding hydrogens is 148 g/mol. The highest BCUT2D eigenvalue weighted by Gasteiger charge is 2.19. The lowest BCUT2D eigenvalue weighted by atomic mass is 10.1. The molecule has 0 bridgehead atoms. The Balaban J connectivity index is 2.99. The number of rotatable bonds is 1. The summed E-state index contributed by atoms with van der Waals surface area (Å²) in [5.74, 6) is -0.446. The van der Waals surface area contributed by atoms with E-state index in [1.54, 1.807) is 0 Å². The molecule has 1 aromatic rings. The fourth-order valence-corrected chi connectivity index (χ4v) is 0.727. The Hall–Kier alpha value is -0.990. The number of aromatic nitrogens is 1. The molecule has 0 amide bonds. The number of hydrogen-bond donors (Lipinski definition) is 0. The van der Waals surface area contributed by atoms with Crippen molar-refractivity contribution < 1.29 is 8.78 Å². The number of nitrogens with zero attached hydrogens (tertiary/aromatic N) is 1. The summed E-state index contributed by atoms with van der Waals surface area (Å²) in [5, 5.41) is 0. The van der Waals surface area contributed by atoms with Gasteiger partial charge in [-0.05, 0) is 26.0 Å². The van der Waals surface area contributed by atoms with Crippen LogP contribution in [-0.4, -0.2) is 4.98 Å². The van der Waals surface area contributed by atoms with Gasteiger partial charge in [0.05, 0.1) is 11.9 Å². The van der Waals surface area contributed by atoms with Crippen LogP contribution in [0.15, 0.2) is 18.3 Å². The zero-order chi connectivity index (χ0) is 8.48. The Morgan fingerprint density at radius 1 is 1.36 bits per heavy atom. The van der Waals surface area contributed by atoms with Gasteiger partial charge in [-0.3, -0.25) is 4.98 Å². The van der Waals surface area contributed by atoms with Gasteiger partial charge in [0.15, 0.2) is 0 Å². The van der Waals surface area contributed by atoms with Crippen LogP contribution in [0.2, 0.25) is 0 Å². The molecule has 0 aliphatic rings. The van der Waals surface area contributed by atoms with Crippen molar-refractivity contribution in [3.63, 3.8) is 0 Å². The molecule has 1 aromatic heterocycles. The van der Waals surface area contributed by atoms with E-state index in [-0.39, 0.29) is 5.69 Å². The lowest BCUT2D eigenvalue weighted by molar-refractivity contribution is 0.214. The minimum atomic E-state index is -1.49. The summed E-state index contributed by atoms with van der Waals surface area (Å²) < 4.78 is 25.4. The van der Waals surface area contributed by atoms with E-state index < -0.39 is 11.5 Å². The highest BCUT2D eigenvalue weighted by atomic mass is 19.1. The Bertz CT molecular complexity index is 235. The van der Waals surface area contributed by atoms with E-state index in [0.29, 0.717) is 0 Å². The van der Waals surface area contributed by atoms with Gasteiger partial charge in [0.1, 0.15) is 11.5 Å². The van der Waals surface area contributed by atoms with Gasteiger partial charge in [-0.25, -0.2) is 8.78 Å². The van der Waals surface area contributed by atoms with Crippen LogP contribution in [0.4, 0.5) is 8.78 Å². The van der Waals surface area contributed by atoms with Gasteiger partial charge in [-0.2, -0.15) is 0 Å². The number of hydrogen-bond acceptors (Lipinski definition) is 1. The van der Waals surface area contributed by atoms with Crippen LogP contribution in [-0.2, 0) is 5.67 Å². The van der Waals surface area contributed by atoms with E-state index >= 15 is 0 Å². The average Bonchev–Trinajstić information content (AvgIpc) is 1.86. The molecule has 11 heavy (non-hydrogen) atoms. The van der Waals surface area contributed by atoms with Crippen LogP contribution in [0, 0.1) is 5.82 Å². The highest BCUT2D eigenvalue weighted by molar-refractivity contribution is 5.11. The van der Waals surface area contributed by atoms with Gasteiger partial charge >= 0.3 is 0 Å². The second-order valence-electron chi connectivity index (χ2n) is 2.83. The van der Waals surface area contributed by atoms with E-state index in [9.17, 15) is 8.78 Å². The maximum absolute atomic E-state index is 13.1. The summed E-state index contributed by atoms with van der Waals surface area (Å²) in [5.41, 5.74) is -1.24. The summed E-state index contributed by atoms with van der Waals surface area (Å²) >= 11 is 0. The zero-order valence-electron chi connectivity index (χ0n) is 6.44. The summed E-state index contributed by atoms with van der Waals surface area (Å²) in [7, 11) is 0. The van der Waals surface area contributed by atoms with Crippen LogP contribution >= 0.6 is 0 Å². The highest BCUT2D eigenvalue weighted by Crippen LogP contribution is 2.21. The molecule has 0 atom stereocenters. The first-order chi connectivity index (χ1) is 5.00. The molecule has 0 N–H and O–H groups in total. The molecule has 0 unspecified atom stereocenters. The van der Waals surface area contributed by atoms with E-state index in [4.69, 9.17) is 0 Å². The normalized spacial score (nSPS) is 11.6. The van der Waals surface area contributed by atoms with Gasteiger partial charge in [0.25, 0.3) is 0 Å². The fourth-order valence-electron chi connectivity index (χ4n) is 0.727. The molecule has 0 saturated heterocycles. The Kier molecular flexibility index (Phi) is 1.89. The Labute approximate surface area is 64.1 Å². The zero-order valence-corrected chi connectivity index (χ0v) is 6.44. The summed E-state index contributed by atoms with van der Waals surface area (Å²) in [6, 6.07) is 2.54. The van der Waals surface area contributed by atoms with Crippen LogP contribution < -0.4 is 0 Å². The maximum Gasteiger partial charge on any atom is 0.147 e. The lowest BCUT2D eigenvalue weighted by Crippen LogP contribution is -2.11. The van der Waals surface area contributed by atoms with Gasteiger partial charge in [-0.15, -0.1) is 0 Å². The number of halogens is 2. The maximum atomic E-state index is 13.1. The molecule has 0 aliphatic carbocycles. The van der Waals surface area contributed by atoms with Gasteiger partial charge in [0.2, 0.25) is 0 Å². The third-order valence-corrected chi connectivity index (χ3v) is 1.34. The van der Waals surface area contributed by atoms with Crippen LogP contribution in [0.5, 0.6) is 0 Å².